The van der Waals surface area contributed by atoms with Crippen LogP contribution in [0.4, 0.5) is 5.82 Å². The van der Waals surface area contributed by atoms with E-state index in [1.807, 2.05) is 53.4 Å². The number of anilines is 1. The van der Waals surface area contributed by atoms with Gasteiger partial charge in [0.2, 0.25) is 0 Å². The Morgan fingerprint density at radius 3 is 2.53 bits per heavy atom. The van der Waals surface area contributed by atoms with E-state index in [9.17, 15) is 9.90 Å². The molecule has 1 fully saturated rings. The summed E-state index contributed by atoms with van der Waals surface area (Å²) < 4.78 is 0. The largest absolute Gasteiger partial charge is 0.508 e. The van der Waals surface area contributed by atoms with Gasteiger partial charge < -0.3 is 21.1 Å². The van der Waals surface area contributed by atoms with Crippen LogP contribution in [0.3, 0.4) is 0 Å². The van der Waals surface area contributed by atoms with E-state index in [-0.39, 0.29) is 23.5 Å². The standard InChI is InChI=1S/C28H28N6O2/c29-26(30)19-9-11-25(35)22(15-19)24(14-18-6-2-1-3-7-18)33-27-21-10-8-20(16-23(21)31-17-32-27)28(36)34-12-4-5-13-34/h1-3,6-11,15-17,24,35H,4-5,12-14H2,(H3,29,30)(H,31,32,33). The number of hydrogen-bond donors (Lipinski definition) is 4. The van der Waals surface area contributed by atoms with Gasteiger partial charge in [-0.3, -0.25) is 10.2 Å². The first-order valence-electron chi connectivity index (χ1n) is 12.0. The molecule has 182 valence electrons. The third kappa shape index (κ3) is 4.84. The quantitative estimate of drug-likeness (QED) is 0.231. The van der Waals surface area contributed by atoms with Crippen molar-refractivity contribution in [1.82, 2.24) is 14.9 Å². The summed E-state index contributed by atoms with van der Waals surface area (Å²) >= 11 is 0. The Balaban J connectivity index is 1.51. The Morgan fingerprint density at radius 1 is 1.03 bits per heavy atom. The molecule has 8 nitrogen and oxygen atoms in total. The molecule has 0 spiro atoms. The van der Waals surface area contributed by atoms with E-state index in [0.717, 1.165) is 36.9 Å². The number of hydrogen-bond acceptors (Lipinski definition) is 6. The van der Waals surface area contributed by atoms with Gasteiger partial charge in [0.15, 0.2) is 0 Å². The van der Waals surface area contributed by atoms with Crippen molar-refractivity contribution < 1.29 is 9.90 Å². The molecule has 1 amide bonds. The summed E-state index contributed by atoms with van der Waals surface area (Å²) in [6.07, 6.45) is 4.11. The Hall–Kier alpha value is -4.46. The second kappa shape index (κ2) is 10.0. The molecule has 1 aromatic heterocycles. The lowest BCUT2D eigenvalue weighted by atomic mass is 9.96. The number of nitrogens with one attached hydrogen (secondary N) is 2. The van der Waals surface area contributed by atoms with Gasteiger partial charge in [-0.05, 0) is 61.2 Å². The van der Waals surface area contributed by atoms with Crippen LogP contribution in [0.15, 0.2) is 73.1 Å². The summed E-state index contributed by atoms with van der Waals surface area (Å²) in [7, 11) is 0. The number of aromatic nitrogens is 2. The zero-order valence-corrected chi connectivity index (χ0v) is 19.8. The van der Waals surface area contributed by atoms with Crippen molar-refractivity contribution >= 4 is 28.5 Å². The van der Waals surface area contributed by atoms with E-state index in [1.54, 1.807) is 18.2 Å². The molecular weight excluding hydrogens is 452 g/mol. The SMILES string of the molecule is N=C(N)c1ccc(O)c(C(Cc2ccccc2)Nc2ncnc3cc(C(=O)N4CCCC4)ccc23)c1. The van der Waals surface area contributed by atoms with Crippen LogP contribution in [0.5, 0.6) is 5.75 Å². The molecule has 0 aliphatic carbocycles. The second-order valence-corrected chi connectivity index (χ2v) is 9.03. The van der Waals surface area contributed by atoms with Crippen LogP contribution in [0, 0.1) is 5.41 Å². The zero-order chi connectivity index (χ0) is 25.1. The molecule has 1 saturated heterocycles. The fourth-order valence-corrected chi connectivity index (χ4v) is 4.66. The molecule has 5 N–H and O–H groups in total. The molecule has 0 radical (unpaired) electrons. The number of amidine groups is 1. The molecule has 0 saturated carbocycles. The van der Waals surface area contributed by atoms with Crippen molar-refractivity contribution in [1.29, 1.82) is 5.41 Å². The number of fused-ring (bicyclic) bond motifs is 1. The first-order valence-corrected chi connectivity index (χ1v) is 12.0. The normalized spacial score (nSPS) is 14.1. The van der Waals surface area contributed by atoms with Gasteiger partial charge in [0.25, 0.3) is 5.91 Å². The summed E-state index contributed by atoms with van der Waals surface area (Å²) in [5.41, 5.74) is 9.21. The van der Waals surface area contributed by atoms with E-state index in [0.29, 0.717) is 34.4 Å². The van der Waals surface area contributed by atoms with Crippen molar-refractivity contribution in [3.05, 3.63) is 95.3 Å². The highest BCUT2D eigenvalue weighted by Crippen LogP contribution is 2.32. The van der Waals surface area contributed by atoms with E-state index < -0.39 is 0 Å². The first kappa shape index (κ1) is 23.3. The van der Waals surface area contributed by atoms with E-state index in [1.165, 1.54) is 6.33 Å². The Kier molecular flexibility index (Phi) is 6.49. The van der Waals surface area contributed by atoms with Crippen molar-refractivity contribution in [3.8, 4) is 5.75 Å². The van der Waals surface area contributed by atoms with Crippen molar-refractivity contribution in [2.45, 2.75) is 25.3 Å². The third-order valence-corrected chi connectivity index (χ3v) is 6.58. The maximum atomic E-state index is 12.9. The van der Waals surface area contributed by atoms with Gasteiger partial charge in [0.1, 0.15) is 23.7 Å². The summed E-state index contributed by atoms with van der Waals surface area (Å²) in [6.45, 7) is 1.58. The summed E-state index contributed by atoms with van der Waals surface area (Å²) in [5.74, 6) is 0.645. The van der Waals surface area contributed by atoms with Gasteiger partial charge >= 0.3 is 0 Å². The Labute approximate surface area is 209 Å². The number of carbonyl (C=O) groups excluding carboxylic acids is 1. The molecule has 2 heterocycles. The highest BCUT2D eigenvalue weighted by Gasteiger charge is 2.22. The lowest BCUT2D eigenvalue weighted by Gasteiger charge is -2.22. The van der Waals surface area contributed by atoms with Gasteiger partial charge in [-0.1, -0.05) is 30.3 Å². The first-order chi connectivity index (χ1) is 17.5. The van der Waals surface area contributed by atoms with Crippen LogP contribution in [-0.4, -0.2) is 44.8 Å². The smallest absolute Gasteiger partial charge is 0.253 e. The molecule has 1 aliphatic rings. The number of nitrogens with two attached hydrogens (primary N) is 1. The summed E-state index contributed by atoms with van der Waals surface area (Å²) in [6, 6.07) is 20.0. The Bertz CT molecular complexity index is 1420. The number of carbonyl (C=O) groups is 1. The van der Waals surface area contributed by atoms with Crippen LogP contribution in [-0.2, 0) is 6.42 Å². The van der Waals surface area contributed by atoms with E-state index >= 15 is 0 Å². The third-order valence-electron chi connectivity index (χ3n) is 6.58. The molecular formula is C28H28N6O2. The number of aromatic hydroxyl groups is 1. The monoisotopic (exact) mass is 480 g/mol. The number of amides is 1. The van der Waals surface area contributed by atoms with Gasteiger partial charge in [-0.2, -0.15) is 0 Å². The summed E-state index contributed by atoms with van der Waals surface area (Å²) in [4.78, 5) is 23.7. The topological polar surface area (TPSA) is 128 Å². The van der Waals surface area contributed by atoms with Gasteiger partial charge in [-0.25, -0.2) is 9.97 Å². The molecule has 8 heteroatoms. The Morgan fingerprint density at radius 2 is 1.78 bits per heavy atom. The van der Waals surface area contributed by atoms with E-state index in [4.69, 9.17) is 11.1 Å². The number of nitrogens with zero attached hydrogens (tertiary/aromatic N) is 3. The van der Waals surface area contributed by atoms with Crippen LogP contribution in [0.2, 0.25) is 0 Å². The molecule has 3 aromatic carbocycles. The van der Waals surface area contributed by atoms with Gasteiger partial charge in [0.05, 0.1) is 11.6 Å². The highest BCUT2D eigenvalue weighted by molar-refractivity contribution is 6.00. The highest BCUT2D eigenvalue weighted by atomic mass is 16.3. The minimum atomic E-state index is -0.365. The molecule has 1 aliphatic heterocycles. The predicted octanol–water partition coefficient (Wildman–Crippen LogP) is 4.25. The molecule has 36 heavy (non-hydrogen) atoms. The number of benzene rings is 3. The lowest BCUT2D eigenvalue weighted by molar-refractivity contribution is 0.0793. The molecule has 4 aromatic rings. The van der Waals surface area contributed by atoms with Crippen molar-refractivity contribution in [2.24, 2.45) is 5.73 Å². The molecule has 5 rings (SSSR count). The fraction of sp³-hybridized carbons (Fsp3) is 0.214. The molecule has 0 bridgehead atoms. The number of rotatable bonds is 7. The van der Waals surface area contributed by atoms with Crippen LogP contribution in [0.1, 0.15) is 45.9 Å². The molecule has 1 unspecified atom stereocenters. The second-order valence-electron chi connectivity index (χ2n) is 9.03. The average molecular weight is 481 g/mol. The number of phenols is 1. The maximum Gasteiger partial charge on any atom is 0.253 e. The number of phenolic OH excluding ortho intramolecular Hbond substituents is 1. The van der Waals surface area contributed by atoms with Crippen molar-refractivity contribution in [3.63, 3.8) is 0 Å². The van der Waals surface area contributed by atoms with Gasteiger partial charge in [-0.15, -0.1) is 0 Å². The summed E-state index contributed by atoms with van der Waals surface area (Å²) in [5, 5.41) is 22.8. The lowest BCUT2D eigenvalue weighted by Crippen LogP contribution is -2.27. The minimum Gasteiger partial charge on any atom is -0.508 e. The average Bonchev–Trinajstić information content (AvgIpc) is 3.44. The minimum absolute atomic E-state index is 0.0236. The maximum absolute atomic E-state index is 12.9. The zero-order valence-electron chi connectivity index (χ0n) is 19.8. The van der Waals surface area contributed by atoms with Crippen molar-refractivity contribution in [2.75, 3.05) is 18.4 Å². The van der Waals surface area contributed by atoms with Crippen LogP contribution in [0.25, 0.3) is 10.9 Å². The fourth-order valence-electron chi connectivity index (χ4n) is 4.66. The van der Waals surface area contributed by atoms with E-state index in [2.05, 4.69) is 15.3 Å². The number of likely N-dealkylation sites (tertiary alicyclic amines) is 1. The molecule has 1 atom stereocenters. The number of nitrogen functional groups attached to an aromatic ring is 1. The predicted molar refractivity (Wildman–Crippen MR) is 140 cm³/mol. The van der Waals surface area contributed by atoms with Crippen LogP contribution < -0.4 is 11.1 Å². The van der Waals surface area contributed by atoms with Crippen LogP contribution >= 0.6 is 0 Å². The van der Waals surface area contributed by atoms with Gasteiger partial charge in [0, 0.05) is 35.2 Å².